The minimum atomic E-state index is -0.964. The van der Waals surface area contributed by atoms with Crippen LogP contribution in [0.3, 0.4) is 0 Å². The van der Waals surface area contributed by atoms with Gasteiger partial charge in [0, 0.05) is 6.54 Å². The van der Waals surface area contributed by atoms with Crippen LogP contribution in [0.25, 0.3) is 0 Å². The third-order valence-electron chi connectivity index (χ3n) is 4.13. The Morgan fingerprint density at radius 2 is 1.96 bits per heavy atom. The van der Waals surface area contributed by atoms with Crippen molar-refractivity contribution in [2.24, 2.45) is 5.84 Å². The van der Waals surface area contributed by atoms with Gasteiger partial charge in [-0.3, -0.25) is 9.80 Å². The van der Waals surface area contributed by atoms with Gasteiger partial charge < -0.3 is 15.8 Å². The minimum Gasteiger partial charge on any atom is -0.497 e. The predicted octanol–water partition coefficient (Wildman–Crippen LogP) is 2.70. The molecule has 6 nitrogen and oxygen atoms in total. The first-order valence-electron chi connectivity index (χ1n) is 8.43. The van der Waals surface area contributed by atoms with E-state index in [1.807, 2.05) is 42.5 Å². The van der Waals surface area contributed by atoms with Gasteiger partial charge in [-0.15, -0.1) is 0 Å². The van der Waals surface area contributed by atoms with Gasteiger partial charge in [-0.1, -0.05) is 6.07 Å². The van der Waals surface area contributed by atoms with Crippen molar-refractivity contribution >= 4 is 23.5 Å². The van der Waals surface area contributed by atoms with Crippen molar-refractivity contribution in [2.45, 2.75) is 25.4 Å². The summed E-state index contributed by atoms with van der Waals surface area (Å²) in [4.78, 5) is 10.2. The average Bonchev–Trinajstić information content (AvgIpc) is 2.66. The van der Waals surface area contributed by atoms with Crippen LogP contribution in [0.5, 0.6) is 5.75 Å². The molecule has 5 N–H and O–H groups in total. The van der Waals surface area contributed by atoms with Crippen LogP contribution in [-0.2, 0) is 11.2 Å². The molecule has 2 rings (SSSR count). The number of halogens is 1. The van der Waals surface area contributed by atoms with Gasteiger partial charge in [0.25, 0.3) is 0 Å². The molecule has 0 heterocycles. The molecule has 0 aliphatic heterocycles. The second-order valence-corrected chi connectivity index (χ2v) is 5.96. The van der Waals surface area contributed by atoms with Crippen molar-refractivity contribution in [3.8, 4) is 5.75 Å². The summed E-state index contributed by atoms with van der Waals surface area (Å²) >= 11 is 0. The van der Waals surface area contributed by atoms with Gasteiger partial charge in [0.2, 0.25) is 6.41 Å². The van der Waals surface area contributed by atoms with E-state index in [1.165, 1.54) is 5.01 Å². The molecule has 0 fully saturated rings. The van der Waals surface area contributed by atoms with Crippen LogP contribution in [0.15, 0.2) is 42.5 Å². The Kier molecular flexibility index (Phi) is 7.23. The van der Waals surface area contributed by atoms with Crippen molar-refractivity contribution in [3.63, 3.8) is 0 Å². The summed E-state index contributed by atoms with van der Waals surface area (Å²) in [5, 5.41) is 3.96. The largest absolute Gasteiger partial charge is 0.497 e. The number of methoxy groups -OCH3 is 1. The van der Waals surface area contributed by atoms with Crippen LogP contribution in [0.4, 0.5) is 21.5 Å². The van der Waals surface area contributed by atoms with Gasteiger partial charge in [0.15, 0.2) is 0 Å². The second-order valence-electron chi connectivity index (χ2n) is 5.96. The fourth-order valence-electron chi connectivity index (χ4n) is 2.63. The number of alkyl halides is 1. The lowest BCUT2D eigenvalue weighted by Gasteiger charge is -2.21. The Hall–Kier alpha value is -2.80. The number of rotatable bonds is 10. The van der Waals surface area contributed by atoms with Crippen molar-refractivity contribution in [1.29, 1.82) is 0 Å². The van der Waals surface area contributed by atoms with Gasteiger partial charge in [-0.25, -0.2) is 10.2 Å². The average molecular weight is 360 g/mol. The molecule has 140 valence electrons. The highest BCUT2D eigenvalue weighted by molar-refractivity contribution is 5.74. The summed E-state index contributed by atoms with van der Waals surface area (Å²) in [5.74, 6) is 6.91. The number of ether oxygens (including phenoxy) is 1. The Labute approximate surface area is 152 Å². The maximum atomic E-state index is 13.8. The molecule has 1 unspecified atom stereocenters. The Bertz CT molecular complexity index is 709. The molecule has 0 saturated carbocycles. The molecule has 0 saturated heterocycles. The number of carbonyl (C=O) groups excluding carboxylic acids is 1. The first-order valence-corrected chi connectivity index (χ1v) is 8.43. The number of anilines is 3. The summed E-state index contributed by atoms with van der Waals surface area (Å²) in [6.07, 6.45) is 0.867. The van der Waals surface area contributed by atoms with Crippen molar-refractivity contribution in [3.05, 3.63) is 48.0 Å². The Morgan fingerprint density at radius 1 is 1.23 bits per heavy atom. The van der Waals surface area contributed by atoms with E-state index in [4.69, 9.17) is 16.3 Å². The molecule has 26 heavy (non-hydrogen) atoms. The van der Waals surface area contributed by atoms with Crippen molar-refractivity contribution in [1.82, 2.24) is 5.32 Å². The smallest absolute Gasteiger partial charge is 0.207 e. The van der Waals surface area contributed by atoms with Crippen LogP contribution in [0.1, 0.15) is 18.4 Å². The summed E-state index contributed by atoms with van der Waals surface area (Å²) in [5.41, 5.74) is 9.05. The Morgan fingerprint density at radius 3 is 2.58 bits per heavy atom. The number of amides is 1. The van der Waals surface area contributed by atoms with Gasteiger partial charge in [0.1, 0.15) is 11.9 Å². The van der Waals surface area contributed by atoms with Crippen molar-refractivity contribution < 1.29 is 13.9 Å². The number of nitrogen functional groups attached to an aromatic ring is 1. The molecular weight excluding hydrogens is 335 g/mol. The molecule has 2 aromatic rings. The quantitative estimate of drug-likeness (QED) is 0.199. The molecular formula is C19H25FN4O2. The number of hydrogen-bond donors (Lipinski definition) is 3. The van der Waals surface area contributed by atoms with E-state index in [0.29, 0.717) is 43.6 Å². The van der Waals surface area contributed by atoms with Crippen LogP contribution < -0.4 is 26.6 Å². The highest BCUT2D eigenvalue weighted by Gasteiger charge is 2.11. The van der Waals surface area contributed by atoms with Gasteiger partial charge >= 0.3 is 0 Å². The number of aryl methyl sites for hydroxylation is 1. The predicted molar refractivity (Wildman–Crippen MR) is 102 cm³/mol. The van der Waals surface area contributed by atoms with Crippen molar-refractivity contribution in [2.75, 3.05) is 24.4 Å². The number of nitrogens with two attached hydrogens (primary N) is 2. The molecule has 2 aromatic carbocycles. The normalized spacial score (nSPS) is 11.7. The molecule has 0 radical (unpaired) electrons. The lowest BCUT2D eigenvalue weighted by Crippen LogP contribution is -2.25. The molecule has 1 amide bonds. The van der Waals surface area contributed by atoms with E-state index in [9.17, 15) is 9.18 Å². The fraction of sp³-hybridized carbons (Fsp3) is 0.316. The summed E-state index contributed by atoms with van der Waals surface area (Å²) in [7, 11) is 1.60. The lowest BCUT2D eigenvalue weighted by atomic mass is 10.0. The van der Waals surface area contributed by atoms with E-state index in [1.54, 1.807) is 7.11 Å². The van der Waals surface area contributed by atoms with Crippen LogP contribution in [-0.4, -0.2) is 26.2 Å². The number of hydrogen-bond acceptors (Lipinski definition) is 5. The van der Waals surface area contributed by atoms with E-state index in [2.05, 4.69) is 5.32 Å². The third-order valence-corrected chi connectivity index (χ3v) is 4.13. The monoisotopic (exact) mass is 360 g/mol. The molecule has 7 heteroatoms. The van der Waals surface area contributed by atoms with Gasteiger partial charge in [-0.05, 0) is 61.2 Å². The van der Waals surface area contributed by atoms with E-state index in [0.717, 1.165) is 17.0 Å². The number of benzene rings is 2. The topological polar surface area (TPSA) is 93.6 Å². The zero-order valence-corrected chi connectivity index (χ0v) is 14.8. The minimum absolute atomic E-state index is 0.306. The third kappa shape index (κ3) is 5.35. The molecule has 0 spiro atoms. The Balaban J connectivity index is 1.98. The molecule has 0 aliphatic carbocycles. The first kappa shape index (κ1) is 19.5. The van der Waals surface area contributed by atoms with Gasteiger partial charge in [-0.2, -0.15) is 0 Å². The van der Waals surface area contributed by atoms with Gasteiger partial charge in [0.05, 0.1) is 24.2 Å². The van der Waals surface area contributed by atoms with Crippen LogP contribution >= 0.6 is 0 Å². The number of nitrogens with zero attached hydrogens (tertiary/aromatic N) is 1. The maximum Gasteiger partial charge on any atom is 0.207 e. The highest BCUT2D eigenvalue weighted by atomic mass is 19.1. The summed E-state index contributed by atoms with van der Waals surface area (Å²) < 4.78 is 18.9. The van der Waals surface area contributed by atoms with E-state index in [-0.39, 0.29) is 0 Å². The molecule has 1 atom stereocenters. The standard InChI is InChI=1S/C19H25FN4O2/c1-26-17-7-5-16(6-8-17)24(22)19-9-3-14(12-18(19)21)2-4-15(20)10-11-23-13-25/h3,5-9,12-13,15H,2,4,10-11,21-22H2,1H3,(H,23,25). The van der Waals surface area contributed by atoms with E-state index >= 15 is 0 Å². The summed E-state index contributed by atoms with van der Waals surface area (Å²) in [6.45, 7) is 0.343. The SMILES string of the molecule is COc1ccc(N(N)c2ccc(CCC(F)CCNC=O)cc2N)cc1. The number of nitrogens with one attached hydrogen (secondary N) is 1. The van der Waals surface area contributed by atoms with Crippen LogP contribution in [0, 0.1) is 0 Å². The number of carbonyl (C=O) groups is 1. The fourth-order valence-corrected chi connectivity index (χ4v) is 2.63. The molecule has 0 aromatic heterocycles. The molecule has 0 bridgehead atoms. The second kappa shape index (κ2) is 9.62. The lowest BCUT2D eigenvalue weighted by molar-refractivity contribution is -0.109. The zero-order valence-electron chi connectivity index (χ0n) is 14.8. The highest BCUT2D eigenvalue weighted by Crippen LogP contribution is 2.29. The number of hydrazine groups is 1. The zero-order chi connectivity index (χ0) is 18.9. The molecule has 0 aliphatic rings. The first-order chi connectivity index (χ1) is 12.5. The van der Waals surface area contributed by atoms with Crippen LogP contribution in [0.2, 0.25) is 0 Å². The van der Waals surface area contributed by atoms with E-state index < -0.39 is 6.17 Å². The maximum absolute atomic E-state index is 13.8. The summed E-state index contributed by atoms with van der Waals surface area (Å²) in [6, 6.07) is 12.9.